The lowest BCUT2D eigenvalue weighted by Gasteiger charge is -2.33. The minimum Gasteiger partial charge on any atom is -0.398 e. The number of hydrogen-bond donors (Lipinski definition) is 2. The van der Waals surface area contributed by atoms with Crippen molar-refractivity contribution in [2.24, 2.45) is 0 Å². The first-order valence-electron chi connectivity index (χ1n) is 6.59. The SMILES string of the molecule is CNS(=O)(=O)c1ccc(N(C)C2CCOCC2)cc1N. The Labute approximate surface area is 120 Å². The predicted octanol–water partition coefficient (Wildman–Crippen LogP) is 0.792. The van der Waals surface area contributed by atoms with Gasteiger partial charge in [0, 0.05) is 32.0 Å². The molecule has 0 saturated carbocycles. The topological polar surface area (TPSA) is 84.7 Å². The minimum absolute atomic E-state index is 0.115. The Morgan fingerprint density at radius 2 is 2.00 bits per heavy atom. The number of sulfonamides is 1. The molecule has 7 heteroatoms. The minimum atomic E-state index is -3.51. The summed E-state index contributed by atoms with van der Waals surface area (Å²) in [6, 6.07) is 5.44. The number of nitrogen functional groups attached to an aromatic ring is 1. The van der Waals surface area contributed by atoms with Crippen molar-refractivity contribution in [1.82, 2.24) is 4.72 Å². The molecule has 1 heterocycles. The summed E-state index contributed by atoms with van der Waals surface area (Å²) in [5.41, 5.74) is 7.06. The normalized spacial score (nSPS) is 17.1. The molecule has 0 unspecified atom stereocenters. The maximum atomic E-state index is 11.8. The molecule has 1 saturated heterocycles. The third-order valence-corrected chi connectivity index (χ3v) is 5.19. The summed E-state index contributed by atoms with van der Waals surface area (Å²) in [4.78, 5) is 2.25. The van der Waals surface area contributed by atoms with Crippen molar-refractivity contribution in [3.05, 3.63) is 18.2 Å². The van der Waals surface area contributed by atoms with E-state index in [9.17, 15) is 8.42 Å². The van der Waals surface area contributed by atoms with Crippen molar-refractivity contribution in [1.29, 1.82) is 0 Å². The maximum Gasteiger partial charge on any atom is 0.242 e. The molecule has 1 aliphatic heterocycles. The number of nitrogens with zero attached hydrogens (tertiary/aromatic N) is 1. The quantitative estimate of drug-likeness (QED) is 0.803. The van der Waals surface area contributed by atoms with Crippen LogP contribution in [0.25, 0.3) is 0 Å². The Morgan fingerprint density at radius 3 is 2.55 bits per heavy atom. The van der Waals surface area contributed by atoms with E-state index in [1.807, 2.05) is 7.05 Å². The summed E-state index contributed by atoms with van der Waals surface area (Å²) < 4.78 is 31.2. The van der Waals surface area contributed by atoms with Crippen molar-refractivity contribution in [2.45, 2.75) is 23.8 Å². The number of hydrogen-bond acceptors (Lipinski definition) is 5. The monoisotopic (exact) mass is 299 g/mol. The van der Waals surface area contributed by atoms with Crippen LogP contribution in [0.3, 0.4) is 0 Å². The van der Waals surface area contributed by atoms with Crippen LogP contribution in [0.15, 0.2) is 23.1 Å². The maximum absolute atomic E-state index is 11.8. The second-order valence-electron chi connectivity index (χ2n) is 4.88. The van der Waals surface area contributed by atoms with Crippen LogP contribution in [0, 0.1) is 0 Å². The molecule has 0 spiro atoms. The van der Waals surface area contributed by atoms with Gasteiger partial charge in [-0.05, 0) is 38.1 Å². The van der Waals surface area contributed by atoms with Gasteiger partial charge in [-0.1, -0.05) is 0 Å². The molecule has 1 aromatic carbocycles. The van der Waals surface area contributed by atoms with Gasteiger partial charge in [-0.25, -0.2) is 13.1 Å². The zero-order valence-electron chi connectivity index (χ0n) is 11.8. The number of rotatable bonds is 4. The standard InChI is InChI=1S/C13H21N3O3S/c1-15-20(17,18)13-4-3-11(9-12(13)14)16(2)10-5-7-19-8-6-10/h3-4,9-10,15H,5-8,14H2,1-2H3. The van der Waals surface area contributed by atoms with E-state index >= 15 is 0 Å². The van der Waals surface area contributed by atoms with E-state index in [0.717, 1.165) is 31.7 Å². The average Bonchev–Trinajstić information content (AvgIpc) is 2.47. The Morgan fingerprint density at radius 1 is 1.35 bits per heavy atom. The molecule has 0 amide bonds. The number of ether oxygens (including phenoxy) is 1. The molecule has 1 aliphatic rings. The van der Waals surface area contributed by atoms with Gasteiger partial charge in [-0.3, -0.25) is 0 Å². The molecule has 0 aromatic heterocycles. The van der Waals surface area contributed by atoms with Gasteiger partial charge in [0.2, 0.25) is 10.0 Å². The number of benzene rings is 1. The fourth-order valence-electron chi connectivity index (χ4n) is 2.39. The molecule has 6 nitrogen and oxygen atoms in total. The van der Waals surface area contributed by atoms with Crippen LogP contribution in [0.5, 0.6) is 0 Å². The largest absolute Gasteiger partial charge is 0.398 e. The zero-order valence-corrected chi connectivity index (χ0v) is 12.6. The van der Waals surface area contributed by atoms with E-state index in [0.29, 0.717) is 6.04 Å². The van der Waals surface area contributed by atoms with Crippen LogP contribution in [0.1, 0.15) is 12.8 Å². The van der Waals surface area contributed by atoms with E-state index in [2.05, 4.69) is 9.62 Å². The summed E-state index contributed by atoms with van der Waals surface area (Å²) >= 11 is 0. The van der Waals surface area contributed by atoms with Crippen LogP contribution < -0.4 is 15.4 Å². The van der Waals surface area contributed by atoms with E-state index in [4.69, 9.17) is 10.5 Å². The summed E-state index contributed by atoms with van der Waals surface area (Å²) in [5, 5.41) is 0. The summed E-state index contributed by atoms with van der Waals surface area (Å²) in [5.74, 6) is 0. The lowest BCUT2D eigenvalue weighted by Crippen LogP contribution is -2.36. The second-order valence-corrected chi connectivity index (χ2v) is 6.74. The van der Waals surface area contributed by atoms with Gasteiger partial charge >= 0.3 is 0 Å². The van der Waals surface area contributed by atoms with E-state index in [-0.39, 0.29) is 10.6 Å². The Hall–Kier alpha value is -1.31. The predicted molar refractivity (Wildman–Crippen MR) is 79.3 cm³/mol. The molecule has 0 atom stereocenters. The fraction of sp³-hybridized carbons (Fsp3) is 0.538. The van der Waals surface area contributed by atoms with Crippen molar-refractivity contribution in [2.75, 3.05) is 37.9 Å². The number of anilines is 2. The molecular formula is C13H21N3O3S. The van der Waals surface area contributed by atoms with Crippen molar-refractivity contribution in [3.8, 4) is 0 Å². The molecule has 0 radical (unpaired) electrons. The lowest BCUT2D eigenvalue weighted by molar-refractivity contribution is 0.0855. The lowest BCUT2D eigenvalue weighted by atomic mass is 10.1. The highest BCUT2D eigenvalue weighted by molar-refractivity contribution is 7.89. The summed E-state index contributed by atoms with van der Waals surface area (Å²) in [7, 11) is -0.141. The number of nitrogens with two attached hydrogens (primary N) is 1. The van der Waals surface area contributed by atoms with Gasteiger partial charge < -0.3 is 15.4 Å². The van der Waals surface area contributed by atoms with Crippen molar-refractivity contribution < 1.29 is 13.2 Å². The fourth-order valence-corrected chi connectivity index (χ4v) is 3.23. The molecule has 1 fully saturated rings. The number of nitrogens with one attached hydrogen (secondary N) is 1. The first kappa shape index (κ1) is 15.1. The highest BCUT2D eigenvalue weighted by Crippen LogP contribution is 2.27. The van der Waals surface area contributed by atoms with Gasteiger partial charge in [0.05, 0.1) is 5.69 Å². The third-order valence-electron chi connectivity index (χ3n) is 3.70. The van der Waals surface area contributed by atoms with Crippen molar-refractivity contribution >= 4 is 21.4 Å². The molecule has 2 rings (SSSR count). The molecule has 112 valence electrons. The van der Waals surface area contributed by atoms with Crippen LogP contribution in [-0.4, -0.2) is 41.8 Å². The Balaban J connectivity index is 2.24. The first-order valence-corrected chi connectivity index (χ1v) is 8.07. The Kier molecular flexibility index (Phi) is 4.52. The summed E-state index contributed by atoms with van der Waals surface area (Å²) in [6.07, 6.45) is 1.93. The highest BCUT2D eigenvalue weighted by Gasteiger charge is 2.21. The van der Waals surface area contributed by atoms with Crippen LogP contribution in [0.2, 0.25) is 0 Å². The molecule has 1 aromatic rings. The van der Waals surface area contributed by atoms with Gasteiger partial charge in [0.15, 0.2) is 0 Å². The van der Waals surface area contributed by atoms with E-state index in [1.165, 1.54) is 7.05 Å². The van der Waals surface area contributed by atoms with Crippen LogP contribution in [-0.2, 0) is 14.8 Å². The molecule has 3 N–H and O–H groups in total. The molecule has 0 aliphatic carbocycles. The van der Waals surface area contributed by atoms with Crippen LogP contribution in [0.4, 0.5) is 11.4 Å². The zero-order chi connectivity index (χ0) is 14.8. The molecular weight excluding hydrogens is 278 g/mol. The van der Waals surface area contributed by atoms with Crippen LogP contribution >= 0.6 is 0 Å². The molecule has 0 bridgehead atoms. The smallest absolute Gasteiger partial charge is 0.242 e. The van der Waals surface area contributed by atoms with Crippen molar-refractivity contribution in [3.63, 3.8) is 0 Å². The Bertz CT molecular complexity index is 568. The van der Waals surface area contributed by atoms with E-state index in [1.54, 1.807) is 18.2 Å². The highest BCUT2D eigenvalue weighted by atomic mass is 32.2. The van der Waals surface area contributed by atoms with E-state index < -0.39 is 10.0 Å². The summed E-state index contributed by atoms with van der Waals surface area (Å²) in [6.45, 7) is 1.52. The molecule has 20 heavy (non-hydrogen) atoms. The van der Waals surface area contributed by atoms with Gasteiger partial charge in [0.1, 0.15) is 4.90 Å². The van der Waals surface area contributed by atoms with Gasteiger partial charge in [0.25, 0.3) is 0 Å². The third kappa shape index (κ3) is 3.05. The van der Waals surface area contributed by atoms with Gasteiger partial charge in [-0.15, -0.1) is 0 Å². The van der Waals surface area contributed by atoms with Gasteiger partial charge in [-0.2, -0.15) is 0 Å². The first-order chi connectivity index (χ1) is 9.45. The second kappa shape index (κ2) is 5.99. The average molecular weight is 299 g/mol.